The number of aliphatic carboxylic acids is 2. The molecule has 69 heavy (non-hydrogen) atoms. The Bertz CT molecular complexity index is 1380. The summed E-state index contributed by atoms with van der Waals surface area (Å²) in [6, 6.07) is 0. The van der Waals surface area contributed by atoms with Crippen LogP contribution in [0.3, 0.4) is 0 Å². The van der Waals surface area contributed by atoms with Crippen molar-refractivity contribution in [1.82, 2.24) is 0 Å². The zero-order valence-corrected chi connectivity index (χ0v) is 46.2. The van der Waals surface area contributed by atoms with Gasteiger partial charge in [-0.25, -0.2) is 0 Å². The minimum absolute atomic E-state index is 0.297. The number of carbonyl (C=O) groups is 2. The summed E-state index contributed by atoms with van der Waals surface area (Å²) in [6.45, 7) is 9.36. The van der Waals surface area contributed by atoms with Crippen LogP contribution in [0.5, 0.6) is 0 Å². The average Bonchev–Trinajstić information content (AvgIpc) is 3.33. The Hall–Kier alpha value is -2.36. The van der Waals surface area contributed by atoms with E-state index in [9.17, 15) is 9.59 Å². The third kappa shape index (κ3) is 33.8. The molecule has 6 atom stereocenters. The number of carboxylic acid groups (broad SMARTS) is 2. The number of allylic oxidation sites excluding steroid dienone is 10. The van der Waals surface area contributed by atoms with Crippen molar-refractivity contribution in [1.29, 1.82) is 0 Å². The lowest BCUT2D eigenvalue weighted by Crippen LogP contribution is -2.31. The highest BCUT2D eigenvalue weighted by Crippen LogP contribution is 2.44. The van der Waals surface area contributed by atoms with Crippen LogP contribution in [0, 0.1) is 35.5 Å². The molecule has 0 spiro atoms. The average molecular weight is 960 g/mol. The van der Waals surface area contributed by atoms with Crippen molar-refractivity contribution < 1.29 is 19.8 Å². The molecule has 0 amide bonds. The van der Waals surface area contributed by atoms with Crippen molar-refractivity contribution in [2.24, 2.45) is 35.5 Å². The molecule has 0 aliphatic heterocycles. The molecule has 0 radical (unpaired) electrons. The van der Waals surface area contributed by atoms with E-state index in [1.54, 1.807) is 11.1 Å². The van der Waals surface area contributed by atoms with E-state index in [-0.39, 0.29) is 0 Å². The standard InChI is InChI=1S/C65H114O4/c1-5-8-11-14-20-30-44-59(53-52-56(4)39-26-12-9-6-2)58-43-29-21-16-15-19-27-40-57(41-35-37-45-58)42-36-38-49-63-60(46-28-13-10-7-3)54-55-61(47-31-22-17-24-33-50-64(66)67)62(63)48-32-23-18-25-34-51-65(68)69/h35-36,38-39,41,45,54-55,57,59-63H,5-34,37,40,42-44,46-53H2,1-4H3,(H,66,67)(H,68,69)/b38-36+,41-35+,56-39+,58-45-. The molecule has 2 aliphatic carbocycles. The van der Waals surface area contributed by atoms with E-state index in [1.165, 1.54) is 212 Å². The molecule has 0 saturated carbocycles. The predicted molar refractivity (Wildman–Crippen MR) is 301 cm³/mol. The molecule has 2 rings (SSSR count). The van der Waals surface area contributed by atoms with Crippen molar-refractivity contribution in [2.75, 3.05) is 0 Å². The lowest BCUT2D eigenvalue weighted by atomic mass is 9.65. The molecule has 0 bridgehead atoms. The van der Waals surface area contributed by atoms with Crippen LogP contribution in [0.2, 0.25) is 0 Å². The summed E-state index contributed by atoms with van der Waals surface area (Å²) in [5.41, 5.74) is 3.40. The number of carboxylic acids is 2. The van der Waals surface area contributed by atoms with E-state index in [4.69, 9.17) is 10.2 Å². The van der Waals surface area contributed by atoms with E-state index >= 15 is 0 Å². The highest BCUT2D eigenvalue weighted by atomic mass is 16.4. The van der Waals surface area contributed by atoms with Gasteiger partial charge in [-0.1, -0.05) is 241 Å². The van der Waals surface area contributed by atoms with Gasteiger partial charge in [0, 0.05) is 12.8 Å². The molecule has 6 unspecified atom stereocenters. The fourth-order valence-corrected chi connectivity index (χ4v) is 11.9. The Kier molecular flexibility index (Phi) is 40.3. The van der Waals surface area contributed by atoms with Crippen molar-refractivity contribution in [3.63, 3.8) is 0 Å². The highest BCUT2D eigenvalue weighted by molar-refractivity contribution is 5.66. The summed E-state index contributed by atoms with van der Waals surface area (Å²) in [4.78, 5) is 22.1. The molecule has 0 fully saturated rings. The first-order chi connectivity index (χ1) is 33.8. The van der Waals surface area contributed by atoms with E-state index in [2.05, 4.69) is 76.3 Å². The third-order valence-electron chi connectivity index (χ3n) is 16.3. The molecule has 0 aromatic rings. The molecule has 4 nitrogen and oxygen atoms in total. The topological polar surface area (TPSA) is 74.6 Å². The molecular weight excluding hydrogens is 845 g/mol. The summed E-state index contributed by atoms with van der Waals surface area (Å²) in [5.74, 6) is 2.70. The first-order valence-electron chi connectivity index (χ1n) is 30.6. The quantitative estimate of drug-likeness (QED) is 0.0474. The van der Waals surface area contributed by atoms with Gasteiger partial charge in [-0.05, 0) is 145 Å². The van der Waals surface area contributed by atoms with Crippen molar-refractivity contribution in [2.45, 2.75) is 304 Å². The molecule has 0 aromatic heterocycles. The summed E-state index contributed by atoms with van der Waals surface area (Å²) >= 11 is 0. The van der Waals surface area contributed by atoms with Crippen molar-refractivity contribution in [3.05, 3.63) is 59.8 Å². The van der Waals surface area contributed by atoms with Gasteiger partial charge in [0.25, 0.3) is 0 Å². The molecule has 0 heterocycles. The first-order valence-corrected chi connectivity index (χ1v) is 30.6. The van der Waals surface area contributed by atoms with Gasteiger partial charge in [0.15, 0.2) is 0 Å². The first kappa shape index (κ1) is 62.8. The molecular formula is C65H114O4. The zero-order valence-electron chi connectivity index (χ0n) is 46.2. The van der Waals surface area contributed by atoms with Gasteiger partial charge in [-0.3, -0.25) is 9.59 Å². The Balaban J connectivity index is 2.23. The molecule has 4 heteroatoms. The van der Waals surface area contributed by atoms with Crippen LogP contribution in [0.4, 0.5) is 0 Å². The van der Waals surface area contributed by atoms with Crippen LogP contribution < -0.4 is 0 Å². The second-order valence-electron chi connectivity index (χ2n) is 22.4. The number of hydrogen-bond acceptors (Lipinski definition) is 2. The fourth-order valence-electron chi connectivity index (χ4n) is 11.9. The largest absolute Gasteiger partial charge is 0.481 e. The second-order valence-corrected chi connectivity index (χ2v) is 22.4. The van der Waals surface area contributed by atoms with Gasteiger partial charge in [-0.15, -0.1) is 0 Å². The van der Waals surface area contributed by atoms with E-state index < -0.39 is 11.9 Å². The molecule has 0 aromatic carbocycles. The van der Waals surface area contributed by atoms with Gasteiger partial charge in [0.2, 0.25) is 0 Å². The number of unbranched alkanes of at least 4 members (excludes halogenated alkanes) is 19. The normalized spacial score (nSPS) is 22.6. The monoisotopic (exact) mass is 959 g/mol. The maximum absolute atomic E-state index is 11.1. The maximum atomic E-state index is 11.1. The van der Waals surface area contributed by atoms with Crippen LogP contribution >= 0.6 is 0 Å². The molecule has 2 aliphatic rings. The minimum atomic E-state index is -0.671. The second kappa shape index (κ2) is 44.3. The van der Waals surface area contributed by atoms with E-state index in [1.807, 2.05) is 0 Å². The van der Waals surface area contributed by atoms with Gasteiger partial charge < -0.3 is 10.2 Å². The summed E-state index contributed by atoms with van der Waals surface area (Å²) in [5, 5.41) is 18.2. The van der Waals surface area contributed by atoms with Crippen LogP contribution in [0.15, 0.2) is 59.8 Å². The van der Waals surface area contributed by atoms with Crippen LogP contribution in [0.25, 0.3) is 0 Å². The van der Waals surface area contributed by atoms with Gasteiger partial charge >= 0.3 is 11.9 Å². The third-order valence-corrected chi connectivity index (χ3v) is 16.3. The SMILES string of the molecule is CCCCC/C=C(\C)CCC(CCCCCCCC)/C1=C\C/C=C/C(C/C=C/CC2C(CCCCCC)C=CC(CCCCCCCC(=O)O)C2CCCCCCCC(=O)O)CCCCCCCC1. The highest BCUT2D eigenvalue weighted by Gasteiger charge is 2.34. The summed E-state index contributed by atoms with van der Waals surface area (Å²) in [6.07, 6.45) is 73.3. The molecule has 0 saturated heterocycles. The molecule has 398 valence electrons. The Morgan fingerprint density at radius 1 is 0.551 bits per heavy atom. The van der Waals surface area contributed by atoms with E-state index in [0.717, 1.165) is 57.3 Å². The Morgan fingerprint density at radius 2 is 1.07 bits per heavy atom. The van der Waals surface area contributed by atoms with Crippen LogP contribution in [-0.4, -0.2) is 22.2 Å². The van der Waals surface area contributed by atoms with Crippen LogP contribution in [-0.2, 0) is 9.59 Å². The smallest absolute Gasteiger partial charge is 0.303 e. The zero-order chi connectivity index (χ0) is 49.8. The summed E-state index contributed by atoms with van der Waals surface area (Å²) in [7, 11) is 0. The van der Waals surface area contributed by atoms with Gasteiger partial charge in [0.05, 0.1) is 0 Å². The van der Waals surface area contributed by atoms with Gasteiger partial charge in [-0.2, -0.15) is 0 Å². The summed E-state index contributed by atoms with van der Waals surface area (Å²) < 4.78 is 0. The maximum Gasteiger partial charge on any atom is 0.303 e. The van der Waals surface area contributed by atoms with Gasteiger partial charge in [0.1, 0.15) is 0 Å². The predicted octanol–water partition coefficient (Wildman–Crippen LogP) is 21.3. The lowest BCUT2D eigenvalue weighted by molar-refractivity contribution is -0.138. The Labute approximate surface area is 429 Å². The van der Waals surface area contributed by atoms with Crippen LogP contribution in [0.1, 0.15) is 304 Å². The Morgan fingerprint density at radius 3 is 1.72 bits per heavy atom. The number of hydrogen-bond donors (Lipinski definition) is 2. The van der Waals surface area contributed by atoms with Crippen molar-refractivity contribution >= 4 is 11.9 Å². The minimum Gasteiger partial charge on any atom is -0.481 e. The number of rotatable bonds is 40. The fraction of sp³-hybridized carbons (Fsp3) is 0.815. The molecule has 2 N–H and O–H groups in total. The lowest BCUT2D eigenvalue weighted by Gasteiger charge is -2.40. The van der Waals surface area contributed by atoms with Crippen molar-refractivity contribution in [3.8, 4) is 0 Å². The van der Waals surface area contributed by atoms with E-state index in [0.29, 0.717) is 42.4 Å².